The third-order valence-corrected chi connectivity index (χ3v) is 5.40. The van der Waals surface area contributed by atoms with Gasteiger partial charge in [0.25, 0.3) is 0 Å². The lowest BCUT2D eigenvalue weighted by Crippen LogP contribution is -2.47. The minimum atomic E-state index is 0.751. The van der Waals surface area contributed by atoms with Crippen molar-refractivity contribution in [1.29, 1.82) is 0 Å². The Kier molecular flexibility index (Phi) is 3.60. The van der Waals surface area contributed by atoms with Gasteiger partial charge in [0.15, 0.2) is 0 Å². The molecular weight excluding hydrogens is 288 g/mol. The van der Waals surface area contributed by atoms with Gasteiger partial charge in [-0.05, 0) is 66.1 Å². The summed E-state index contributed by atoms with van der Waals surface area (Å²) in [6.07, 6.45) is 10.3. The average molecular weight is 309 g/mol. The number of anilines is 1. The van der Waals surface area contributed by atoms with Gasteiger partial charge in [-0.1, -0.05) is 12.8 Å². The molecule has 0 amide bonds. The summed E-state index contributed by atoms with van der Waals surface area (Å²) in [6.45, 7) is 3.34. The average Bonchev–Trinajstić information content (AvgIpc) is 2.41. The number of halogens is 1. The SMILES string of the molecule is Cc1cc(N2CCC[C@H]3CCCC[C@H]32)ncc1Br. The van der Waals surface area contributed by atoms with Crippen LogP contribution in [-0.2, 0) is 0 Å². The van der Waals surface area contributed by atoms with Gasteiger partial charge in [-0.15, -0.1) is 0 Å². The van der Waals surface area contributed by atoms with E-state index in [0.29, 0.717) is 0 Å². The molecule has 1 saturated heterocycles. The van der Waals surface area contributed by atoms with Crippen LogP contribution in [0.2, 0.25) is 0 Å². The highest BCUT2D eigenvalue weighted by Gasteiger charge is 2.33. The highest BCUT2D eigenvalue weighted by molar-refractivity contribution is 9.10. The van der Waals surface area contributed by atoms with Crippen molar-refractivity contribution < 1.29 is 0 Å². The first kappa shape index (κ1) is 12.5. The third-order valence-electron chi connectivity index (χ3n) is 4.57. The van der Waals surface area contributed by atoms with Gasteiger partial charge >= 0.3 is 0 Å². The highest BCUT2D eigenvalue weighted by atomic mass is 79.9. The summed E-state index contributed by atoms with van der Waals surface area (Å²) in [5.41, 5.74) is 1.29. The Morgan fingerprint density at radius 3 is 2.83 bits per heavy atom. The fourth-order valence-corrected chi connectivity index (χ4v) is 3.81. The second-order valence-electron chi connectivity index (χ2n) is 5.74. The second kappa shape index (κ2) is 5.20. The zero-order chi connectivity index (χ0) is 12.5. The standard InChI is InChI=1S/C15H21BrN2/c1-11-9-15(17-10-13(11)16)18-8-4-6-12-5-2-3-7-14(12)18/h9-10,12,14H,2-8H2,1H3/t12-,14-/m1/s1. The maximum atomic E-state index is 4.63. The van der Waals surface area contributed by atoms with E-state index in [1.807, 2.05) is 6.20 Å². The number of rotatable bonds is 1. The molecule has 1 aliphatic carbocycles. The monoisotopic (exact) mass is 308 g/mol. The number of pyridine rings is 1. The quantitative estimate of drug-likeness (QED) is 0.768. The molecule has 18 heavy (non-hydrogen) atoms. The lowest BCUT2D eigenvalue weighted by atomic mass is 9.78. The van der Waals surface area contributed by atoms with Crippen molar-refractivity contribution in [2.24, 2.45) is 5.92 Å². The minimum absolute atomic E-state index is 0.751. The van der Waals surface area contributed by atoms with Crippen LogP contribution in [0.25, 0.3) is 0 Å². The maximum absolute atomic E-state index is 4.63. The predicted octanol–water partition coefficient (Wildman–Crippen LogP) is 4.31. The Hall–Kier alpha value is -0.570. The zero-order valence-corrected chi connectivity index (χ0v) is 12.6. The summed E-state index contributed by atoms with van der Waals surface area (Å²) in [6, 6.07) is 2.99. The van der Waals surface area contributed by atoms with Crippen LogP contribution in [-0.4, -0.2) is 17.6 Å². The first-order valence-corrected chi connectivity index (χ1v) is 7.94. The smallest absolute Gasteiger partial charge is 0.129 e. The van der Waals surface area contributed by atoms with E-state index >= 15 is 0 Å². The van der Waals surface area contributed by atoms with E-state index in [-0.39, 0.29) is 0 Å². The molecule has 0 spiro atoms. The summed E-state index contributed by atoms with van der Waals surface area (Å²) in [5, 5.41) is 0. The number of aryl methyl sites for hydroxylation is 1. The van der Waals surface area contributed by atoms with Gasteiger partial charge in [-0.2, -0.15) is 0 Å². The largest absolute Gasteiger partial charge is 0.353 e. The van der Waals surface area contributed by atoms with Gasteiger partial charge in [-0.25, -0.2) is 4.98 Å². The lowest BCUT2D eigenvalue weighted by Gasteiger charge is -2.44. The normalized spacial score (nSPS) is 28.0. The number of hydrogen-bond acceptors (Lipinski definition) is 2. The van der Waals surface area contributed by atoms with Gasteiger partial charge in [0.2, 0.25) is 0 Å². The molecule has 1 aliphatic heterocycles. The number of aromatic nitrogens is 1. The number of nitrogens with zero attached hydrogens (tertiary/aromatic N) is 2. The molecule has 3 rings (SSSR count). The Labute approximate surface area is 118 Å². The van der Waals surface area contributed by atoms with Gasteiger partial charge in [0, 0.05) is 23.3 Å². The van der Waals surface area contributed by atoms with Crippen LogP contribution >= 0.6 is 15.9 Å². The Morgan fingerprint density at radius 1 is 1.22 bits per heavy atom. The van der Waals surface area contributed by atoms with Crippen molar-refractivity contribution in [1.82, 2.24) is 4.98 Å². The van der Waals surface area contributed by atoms with E-state index in [4.69, 9.17) is 0 Å². The van der Waals surface area contributed by atoms with Gasteiger partial charge < -0.3 is 4.90 Å². The van der Waals surface area contributed by atoms with Crippen LogP contribution in [0, 0.1) is 12.8 Å². The van der Waals surface area contributed by atoms with E-state index < -0.39 is 0 Å². The summed E-state index contributed by atoms with van der Waals surface area (Å²) in [4.78, 5) is 7.21. The van der Waals surface area contributed by atoms with E-state index in [2.05, 4.69) is 38.8 Å². The molecule has 2 fully saturated rings. The molecule has 1 aromatic heterocycles. The molecule has 2 nitrogen and oxygen atoms in total. The first-order chi connectivity index (χ1) is 8.75. The fraction of sp³-hybridized carbons (Fsp3) is 0.667. The van der Waals surface area contributed by atoms with Crippen LogP contribution in [0.4, 0.5) is 5.82 Å². The van der Waals surface area contributed by atoms with Gasteiger partial charge in [-0.3, -0.25) is 0 Å². The summed E-state index contributed by atoms with van der Waals surface area (Å²) >= 11 is 3.54. The van der Waals surface area contributed by atoms with Crippen molar-refractivity contribution in [3.05, 3.63) is 22.3 Å². The fourth-order valence-electron chi connectivity index (χ4n) is 3.59. The van der Waals surface area contributed by atoms with E-state index in [9.17, 15) is 0 Å². The molecule has 2 aliphatic rings. The molecule has 1 saturated carbocycles. The zero-order valence-electron chi connectivity index (χ0n) is 11.0. The molecule has 0 N–H and O–H groups in total. The van der Waals surface area contributed by atoms with E-state index in [1.54, 1.807) is 0 Å². The molecule has 0 unspecified atom stereocenters. The Balaban J connectivity index is 1.87. The second-order valence-corrected chi connectivity index (χ2v) is 6.59. The van der Waals surface area contributed by atoms with Crippen LogP contribution < -0.4 is 4.90 Å². The Bertz CT molecular complexity index is 431. The van der Waals surface area contributed by atoms with Crippen LogP contribution in [0.5, 0.6) is 0 Å². The van der Waals surface area contributed by atoms with Crippen LogP contribution in [0.15, 0.2) is 16.7 Å². The van der Waals surface area contributed by atoms with E-state index in [0.717, 1.165) is 16.4 Å². The predicted molar refractivity (Wildman–Crippen MR) is 79.0 cm³/mol. The van der Waals surface area contributed by atoms with Gasteiger partial charge in [0.05, 0.1) is 0 Å². The molecule has 0 aromatic carbocycles. The molecule has 1 aromatic rings. The molecule has 3 heteroatoms. The topological polar surface area (TPSA) is 16.1 Å². The number of fused-ring (bicyclic) bond motifs is 1. The molecule has 0 radical (unpaired) electrons. The molecule has 0 bridgehead atoms. The van der Waals surface area contributed by atoms with Crippen molar-refractivity contribution >= 4 is 21.7 Å². The number of hydrogen-bond donors (Lipinski definition) is 0. The van der Waals surface area contributed by atoms with Crippen molar-refractivity contribution in [2.75, 3.05) is 11.4 Å². The van der Waals surface area contributed by atoms with Gasteiger partial charge in [0.1, 0.15) is 5.82 Å². The van der Waals surface area contributed by atoms with Crippen LogP contribution in [0.1, 0.15) is 44.1 Å². The van der Waals surface area contributed by atoms with E-state index in [1.165, 1.54) is 56.5 Å². The molecule has 98 valence electrons. The van der Waals surface area contributed by atoms with Crippen molar-refractivity contribution in [3.63, 3.8) is 0 Å². The first-order valence-electron chi connectivity index (χ1n) is 7.14. The molecular formula is C15H21BrN2. The van der Waals surface area contributed by atoms with Crippen molar-refractivity contribution in [2.45, 2.75) is 51.5 Å². The number of piperidine rings is 1. The third kappa shape index (κ3) is 2.29. The molecule has 2 atom stereocenters. The maximum Gasteiger partial charge on any atom is 0.129 e. The minimum Gasteiger partial charge on any atom is -0.353 e. The summed E-state index contributed by atoms with van der Waals surface area (Å²) < 4.78 is 1.11. The lowest BCUT2D eigenvalue weighted by molar-refractivity contribution is 0.242. The summed E-state index contributed by atoms with van der Waals surface area (Å²) in [5.74, 6) is 2.10. The van der Waals surface area contributed by atoms with Crippen LogP contribution in [0.3, 0.4) is 0 Å². The van der Waals surface area contributed by atoms with Crippen molar-refractivity contribution in [3.8, 4) is 0 Å². The highest BCUT2D eigenvalue weighted by Crippen LogP contribution is 2.37. The summed E-state index contributed by atoms with van der Waals surface area (Å²) in [7, 11) is 0. The Morgan fingerprint density at radius 2 is 2.00 bits per heavy atom. The molecule has 2 heterocycles.